The van der Waals surface area contributed by atoms with Gasteiger partial charge in [-0.3, -0.25) is 14.6 Å². The smallest absolute Gasteiger partial charge is 0.320 e. The molecule has 1 unspecified atom stereocenters. The van der Waals surface area contributed by atoms with Crippen LogP contribution >= 0.6 is 11.3 Å². The van der Waals surface area contributed by atoms with Gasteiger partial charge in [0.2, 0.25) is 0 Å². The predicted octanol–water partition coefficient (Wildman–Crippen LogP) is 6.70. The van der Waals surface area contributed by atoms with E-state index in [1.54, 1.807) is 17.4 Å². The Kier molecular flexibility index (Phi) is 8.28. The summed E-state index contributed by atoms with van der Waals surface area (Å²) in [5.41, 5.74) is 5.99. The van der Waals surface area contributed by atoms with Crippen LogP contribution in [0.15, 0.2) is 60.7 Å². The summed E-state index contributed by atoms with van der Waals surface area (Å²) in [7, 11) is 0. The van der Waals surface area contributed by atoms with Crippen molar-refractivity contribution >= 4 is 27.4 Å². The van der Waals surface area contributed by atoms with E-state index in [1.807, 2.05) is 12.1 Å². The highest BCUT2D eigenvalue weighted by molar-refractivity contribution is 7.22. The number of hydrogen-bond donors (Lipinski definition) is 2. The number of thiophene rings is 1. The van der Waals surface area contributed by atoms with Crippen LogP contribution in [0.4, 0.5) is 0 Å². The topological polar surface area (TPSA) is 73.2 Å². The zero-order valence-electron chi connectivity index (χ0n) is 23.6. The van der Waals surface area contributed by atoms with Crippen LogP contribution in [0, 0.1) is 6.92 Å². The van der Waals surface area contributed by atoms with Gasteiger partial charge in [-0.25, -0.2) is 0 Å². The second kappa shape index (κ2) is 12.2. The summed E-state index contributed by atoms with van der Waals surface area (Å²) in [5, 5.41) is 20.9. The zero-order valence-corrected chi connectivity index (χ0v) is 24.5. The van der Waals surface area contributed by atoms with E-state index in [-0.39, 0.29) is 11.8 Å². The predicted molar refractivity (Wildman–Crippen MR) is 165 cm³/mol. The average molecular weight is 571 g/mol. The minimum Gasteiger partial charge on any atom is -0.508 e. The molecule has 0 bridgehead atoms. The molecule has 0 spiro atoms. The number of rotatable bonds is 10. The van der Waals surface area contributed by atoms with Crippen LogP contribution in [-0.2, 0) is 17.8 Å². The largest absolute Gasteiger partial charge is 0.508 e. The van der Waals surface area contributed by atoms with Gasteiger partial charge in [0.05, 0.1) is 0 Å². The molecule has 41 heavy (non-hydrogen) atoms. The summed E-state index contributed by atoms with van der Waals surface area (Å²) in [6.45, 7) is 7.66. The van der Waals surface area contributed by atoms with Crippen molar-refractivity contribution in [1.82, 2.24) is 9.80 Å². The van der Waals surface area contributed by atoms with Gasteiger partial charge in [0.25, 0.3) is 0 Å². The Morgan fingerprint density at radius 2 is 1.80 bits per heavy atom. The first kappa shape index (κ1) is 27.8. The normalized spacial score (nSPS) is 17.9. The number of fused-ring (bicyclic) bond motifs is 1. The van der Waals surface area contributed by atoms with Gasteiger partial charge in [0, 0.05) is 22.7 Å². The van der Waals surface area contributed by atoms with E-state index < -0.39 is 5.97 Å². The van der Waals surface area contributed by atoms with Gasteiger partial charge in [-0.15, -0.1) is 11.3 Å². The molecule has 4 aromatic rings. The number of carboxylic acids is 1. The Hall–Kier alpha value is -3.39. The van der Waals surface area contributed by atoms with E-state index in [1.165, 1.54) is 53.1 Å². The maximum Gasteiger partial charge on any atom is 0.320 e. The standard InChI is InChI=1S/C34H38N2O4S/c1-23-19-24(6-7-26(23)22-36-16-4-5-31(36)34(38)39)20-30-29-13-10-27(37)21-32(29)41-33(30)25-8-11-28(12-9-25)40-18-17-35-14-2-3-15-35/h6-13,19,21,31,37H,2-5,14-18,20,22H2,1H3,(H,38,39). The minimum absolute atomic E-state index is 0.278. The van der Waals surface area contributed by atoms with Crippen LogP contribution in [0.5, 0.6) is 11.5 Å². The van der Waals surface area contributed by atoms with Crippen molar-refractivity contribution in [3.05, 3.63) is 82.9 Å². The minimum atomic E-state index is -0.721. The number of phenols is 1. The van der Waals surface area contributed by atoms with E-state index >= 15 is 0 Å². The van der Waals surface area contributed by atoms with Crippen molar-refractivity contribution in [2.45, 2.75) is 51.6 Å². The first-order chi connectivity index (χ1) is 19.9. The third kappa shape index (κ3) is 6.27. The second-order valence-corrected chi connectivity index (χ2v) is 12.5. The number of carboxylic acid groups (broad SMARTS) is 1. The highest BCUT2D eigenvalue weighted by atomic mass is 32.1. The lowest BCUT2D eigenvalue weighted by atomic mass is 9.96. The van der Waals surface area contributed by atoms with Crippen LogP contribution in [0.2, 0.25) is 0 Å². The second-order valence-electron chi connectivity index (χ2n) is 11.4. The first-order valence-corrected chi connectivity index (χ1v) is 15.5. The molecule has 6 rings (SSSR count). The first-order valence-electron chi connectivity index (χ1n) is 14.7. The molecule has 2 N–H and O–H groups in total. The van der Waals surface area contributed by atoms with Crippen molar-refractivity contribution < 1.29 is 19.7 Å². The Bertz CT molecular complexity index is 1520. The van der Waals surface area contributed by atoms with E-state index in [9.17, 15) is 15.0 Å². The molecule has 6 nitrogen and oxygen atoms in total. The molecule has 2 aliphatic rings. The summed E-state index contributed by atoms with van der Waals surface area (Å²) in [6.07, 6.45) is 5.01. The third-order valence-corrected chi connectivity index (χ3v) is 9.82. The Labute approximate surface area is 245 Å². The van der Waals surface area contributed by atoms with Gasteiger partial charge in [-0.1, -0.05) is 18.2 Å². The van der Waals surface area contributed by atoms with Crippen molar-refractivity contribution in [2.75, 3.05) is 32.8 Å². The molecule has 1 atom stereocenters. The maximum absolute atomic E-state index is 11.6. The Balaban J connectivity index is 1.22. The summed E-state index contributed by atoms with van der Waals surface area (Å²) >= 11 is 1.71. The molecule has 2 fully saturated rings. The summed E-state index contributed by atoms with van der Waals surface area (Å²) in [5.74, 6) is 0.448. The molecule has 0 amide bonds. The van der Waals surface area contributed by atoms with Crippen LogP contribution in [0.3, 0.4) is 0 Å². The van der Waals surface area contributed by atoms with Crippen molar-refractivity contribution in [3.8, 4) is 21.9 Å². The third-order valence-electron chi connectivity index (χ3n) is 8.58. The fourth-order valence-electron chi connectivity index (χ4n) is 6.31. The number of hydrogen-bond acceptors (Lipinski definition) is 6. The molecule has 3 heterocycles. The van der Waals surface area contributed by atoms with Crippen molar-refractivity contribution in [2.24, 2.45) is 0 Å². The number of phenolic OH excluding ortho intramolecular Hbond substituents is 1. The summed E-state index contributed by atoms with van der Waals surface area (Å²) in [6, 6.07) is 20.3. The number of carbonyl (C=O) groups is 1. The van der Waals surface area contributed by atoms with E-state index in [0.717, 1.165) is 53.8 Å². The molecule has 214 valence electrons. The fourth-order valence-corrected chi connectivity index (χ4v) is 7.57. The van der Waals surface area contributed by atoms with E-state index in [0.29, 0.717) is 13.2 Å². The lowest BCUT2D eigenvalue weighted by molar-refractivity contribution is -0.142. The highest BCUT2D eigenvalue weighted by Crippen LogP contribution is 2.41. The van der Waals surface area contributed by atoms with Gasteiger partial charge in [-0.05, 0) is 134 Å². The molecule has 2 aliphatic heterocycles. The van der Waals surface area contributed by atoms with Gasteiger partial charge < -0.3 is 14.9 Å². The van der Waals surface area contributed by atoms with E-state index in [2.05, 4.69) is 59.2 Å². The highest BCUT2D eigenvalue weighted by Gasteiger charge is 2.30. The number of likely N-dealkylation sites (tertiary alicyclic amines) is 2. The van der Waals surface area contributed by atoms with Gasteiger partial charge >= 0.3 is 5.97 Å². The Morgan fingerprint density at radius 3 is 2.56 bits per heavy atom. The molecule has 1 aromatic heterocycles. The van der Waals surface area contributed by atoms with E-state index in [4.69, 9.17) is 4.74 Å². The van der Waals surface area contributed by atoms with Gasteiger partial charge in [-0.2, -0.15) is 0 Å². The maximum atomic E-state index is 11.6. The molecule has 2 saturated heterocycles. The zero-order chi connectivity index (χ0) is 28.3. The summed E-state index contributed by atoms with van der Waals surface area (Å²) < 4.78 is 7.12. The molecule has 0 radical (unpaired) electrons. The van der Waals surface area contributed by atoms with Crippen molar-refractivity contribution in [1.29, 1.82) is 0 Å². The number of ether oxygens (including phenoxy) is 1. The average Bonchev–Trinajstić information content (AvgIpc) is 3.72. The van der Waals surface area contributed by atoms with Gasteiger partial charge in [0.1, 0.15) is 24.1 Å². The lowest BCUT2D eigenvalue weighted by Crippen LogP contribution is -2.35. The number of aryl methyl sites for hydroxylation is 1. The van der Waals surface area contributed by atoms with Crippen LogP contribution in [-0.4, -0.2) is 64.8 Å². The fraction of sp³-hybridized carbons (Fsp3) is 0.382. The van der Waals surface area contributed by atoms with Gasteiger partial charge in [0.15, 0.2) is 0 Å². The molecule has 0 saturated carbocycles. The summed E-state index contributed by atoms with van der Waals surface area (Å²) in [4.78, 5) is 17.4. The van der Waals surface area contributed by atoms with Crippen LogP contribution in [0.1, 0.15) is 47.9 Å². The molecular weight excluding hydrogens is 532 g/mol. The molecular formula is C34H38N2O4S. The molecule has 0 aliphatic carbocycles. The van der Waals surface area contributed by atoms with Crippen LogP contribution < -0.4 is 4.74 Å². The lowest BCUT2D eigenvalue weighted by Gasteiger charge is -2.22. The number of aliphatic carboxylic acids is 1. The number of aromatic hydroxyl groups is 1. The molecule has 7 heteroatoms. The van der Waals surface area contributed by atoms with Crippen molar-refractivity contribution in [3.63, 3.8) is 0 Å². The number of benzene rings is 3. The van der Waals surface area contributed by atoms with Crippen LogP contribution in [0.25, 0.3) is 20.5 Å². The monoisotopic (exact) mass is 570 g/mol. The Morgan fingerprint density at radius 1 is 1.00 bits per heavy atom. The quantitative estimate of drug-likeness (QED) is 0.221. The number of nitrogens with zero attached hydrogens (tertiary/aromatic N) is 2. The SMILES string of the molecule is Cc1cc(Cc2c(-c3ccc(OCCN4CCCC4)cc3)sc3cc(O)ccc23)ccc1CN1CCCC1C(=O)O. The molecule has 3 aromatic carbocycles.